The van der Waals surface area contributed by atoms with Crippen molar-refractivity contribution in [1.82, 2.24) is 10.3 Å². The van der Waals surface area contributed by atoms with Crippen LogP contribution in [0.25, 0.3) is 22.0 Å². The molecule has 1 aliphatic carbocycles. The second-order valence-electron chi connectivity index (χ2n) is 12.0. The summed E-state index contributed by atoms with van der Waals surface area (Å²) in [5, 5.41) is 6.96. The lowest BCUT2D eigenvalue weighted by Crippen LogP contribution is -2.30. The molecule has 1 unspecified atom stereocenters. The van der Waals surface area contributed by atoms with Gasteiger partial charge >= 0.3 is 6.03 Å². The van der Waals surface area contributed by atoms with Crippen molar-refractivity contribution in [2.24, 2.45) is 5.92 Å². The first-order chi connectivity index (χ1) is 19.7. The standard InChI is InChI=1S/C34H39N3O4/c1-34(2,3)25-12-10-24(11-13-25)32-29-18-26(36-33(39)35-20-22-8-9-22)14-15-30(29)37-31(32)19-28(41-21-38)17-23-6-5-7-27(16-23)40-4/h5-7,10-16,18,21-22,28,37H,8-9,17,19-20H2,1-4H3,(H2,35,36,39). The Balaban J connectivity index is 1.50. The van der Waals surface area contributed by atoms with E-state index in [0.29, 0.717) is 31.8 Å². The molecule has 1 aliphatic rings. The van der Waals surface area contributed by atoms with Gasteiger partial charge in [-0.2, -0.15) is 0 Å². The van der Waals surface area contributed by atoms with Crippen molar-refractivity contribution in [2.45, 2.75) is 58.0 Å². The molecular weight excluding hydrogens is 514 g/mol. The summed E-state index contributed by atoms with van der Waals surface area (Å²) in [7, 11) is 1.64. The molecule has 0 bridgehead atoms. The monoisotopic (exact) mass is 553 g/mol. The number of anilines is 1. The van der Waals surface area contributed by atoms with Gasteiger partial charge in [0.05, 0.1) is 7.11 Å². The molecule has 1 saturated carbocycles. The van der Waals surface area contributed by atoms with Gasteiger partial charge in [-0.25, -0.2) is 4.79 Å². The molecule has 1 aromatic heterocycles. The van der Waals surface area contributed by atoms with Crippen LogP contribution in [0.15, 0.2) is 66.7 Å². The topological polar surface area (TPSA) is 92.4 Å². The van der Waals surface area contributed by atoms with Crippen molar-refractivity contribution < 1.29 is 19.1 Å². The molecule has 7 heteroatoms. The summed E-state index contributed by atoms with van der Waals surface area (Å²) < 4.78 is 11.0. The Labute approximate surface area is 241 Å². The number of methoxy groups -OCH3 is 1. The van der Waals surface area contributed by atoms with Crippen molar-refractivity contribution in [3.05, 3.63) is 83.6 Å². The van der Waals surface area contributed by atoms with Crippen molar-refractivity contribution in [2.75, 3.05) is 19.0 Å². The number of hydrogen-bond donors (Lipinski definition) is 3. The lowest BCUT2D eigenvalue weighted by atomic mass is 9.86. The summed E-state index contributed by atoms with van der Waals surface area (Å²) in [6.45, 7) is 7.83. The summed E-state index contributed by atoms with van der Waals surface area (Å²) in [4.78, 5) is 27.6. The third-order valence-electron chi connectivity index (χ3n) is 7.70. The highest BCUT2D eigenvalue weighted by Gasteiger charge is 2.23. The van der Waals surface area contributed by atoms with Gasteiger partial charge in [0.25, 0.3) is 6.47 Å². The Morgan fingerprint density at radius 1 is 1.05 bits per heavy atom. The maximum atomic E-state index is 12.5. The highest BCUT2D eigenvalue weighted by molar-refractivity contribution is 6.01. The molecule has 3 N–H and O–H groups in total. The van der Waals surface area contributed by atoms with Crippen LogP contribution in [0.3, 0.4) is 0 Å². The number of carbonyl (C=O) groups is 2. The van der Waals surface area contributed by atoms with Gasteiger partial charge in [-0.05, 0) is 71.2 Å². The first-order valence-corrected chi connectivity index (χ1v) is 14.3. The molecule has 0 saturated heterocycles. The van der Waals surface area contributed by atoms with Gasteiger partial charge in [0.1, 0.15) is 11.9 Å². The molecule has 3 aromatic carbocycles. The minimum atomic E-state index is -0.383. The fourth-order valence-corrected chi connectivity index (χ4v) is 5.22. The van der Waals surface area contributed by atoms with Crippen LogP contribution < -0.4 is 15.4 Å². The number of ether oxygens (including phenoxy) is 2. The van der Waals surface area contributed by atoms with Gasteiger partial charge in [0, 0.05) is 47.2 Å². The molecule has 5 rings (SSSR count). The van der Waals surface area contributed by atoms with Crippen molar-refractivity contribution >= 4 is 29.1 Å². The van der Waals surface area contributed by atoms with E-state index < -0.39 is 0 Å². The number of nitrogens with one attached hydrogen (secondary N) is 3. The van der Waals surface area contributed by atoms with E-state index in [9.17, 15) is 9.59 Å². The van der Waals surface area contributed by atoms with Crippen LogP contribution in [0.1, 0.15) is 50.4 Å². The van der Waals surface area contributed by atoms with Crippen LogP contribution in [-0.4, -0.2) is 37.2 Å². The molecule has 0 radical (unpaired) electrons. The molecule has 1 heterocycles. The summed E-state index contributed by atoms with van der Waals surface area (Å²) >= 11 is 0. The van der Waals surface area contributed by atoms with E-state index in [1.807, 2.05) is 42.5 Å². The molecule has 1 fully saturated rings. The fraction of sp³-hybridized carbons (Fsp3) is 0.353. The average Bonchev–Trinajstić information content (AvgIpc) is 3.72. The van der Waals surface area contributed by atoms with Gasteiger partial charge in [0.2, 0.25) is 0 Å². The molecule has 2 amide bonds. The predicted molar refractivity (Wildman–Crippen MR) is 164 cm³/mol. The van der Waals surface area contributed by atoms with Gasteiger partial charge < -0.3 is 25.1 Å². The summed E-state index contributed by atoms with van der Waals surface area (Å²) in [6, 6.07) is 22.1. The van der Waals surface area contributed by atoms with Crippen LogP contribution in [0, 0.1) is 5.92 Å². The molecular formula is C34H39N3O4. The quantitative estimate of drug-likeness (QED) is 0.174. The van der Waals surface area contributed by atoms with Crippen LogP contribution in [0.4, 0.5) is 10.5 Å². The molecule has 41 heavy (non-hydrogen) atoms. The number of carbonyl (C=O) groups excluding carboxylic acids is 2. The summed E-state index contributed by atoms with van der Waals surface area (Å²) in [5.74, 6) is 1.37. The number of hydrogen-bond acceptors (Lipinski definition) is 4. The number of benzene rings is 3. The van der Waals surface area contributed by atoms with Crippen LogP contribution >= 0.6 is 0 Å². The highest BCUT2D eigenvalue weighted by Crippen LogP contribution is 2.36. The minimum Gasteiger partial charge on any atom is -0.497 e. The lowest BCUT2D eigenvalue weighted by molar-refractivity contribution is -0.133. The van der Waals surface area contributed by atoms with E-state index in [-0.39, 0.29) is 17.6 Å². The van der Waals surface area contributed by atoms with E-state index >= 15 is 0 Å². The van der Waals surface area contributed by atoms with Gasteiger partial charge in [-0.3, -0.25) is 4.79 Å². The van der Waals surface area contributed by atoms with Gasteiger partial charge in [-0.1, -0.05) is 57.2 Å². The zero-order valence-corrected chi connectivity index (χ0v) is 24.3. The fourth-order valence-electron chi connectivity index (χ4n) is 5.22. The molecule has 214 valence electrons. The van der Waals surface area contributed by atoms with E-state index in [0.717, 1.165) is 44.7 Å². The Kier molecular flexibility index (Phi) is 8.34. The third kappa shape index (κ3) is 7.09. The van der Waals surface area contributed by atoms with E-state index in [4.69, 9.17) is 9.47 Å². The number of H-pyrrole nitrogens is 1. The van der Waals surface area contributed by atoms with Crippen molar-refractivity contribution in [3.8, 4) is 16.9 Å². The first kappa shape index (κ1) is 28.3. The Morgan fingerprint density at radius 3 is 2.51 bits per heavy atom. The largest absolute Gasteiger partial charge is 0.497 e. The number of aromatic amines is 1. The average molecular weight is 554 g/mol. The number of aromatic nitrogens is 1. The Hall–Kier alpha value is -4.26. The van der Waals surface area contributed by atoms with Gasteiger partial charge in [-0.15, -0.1) is 0 Å². The number of amides is 2. The number of fused-ring (bicyclic) bond motifs is 1. The molecule has 7 nitrogen and oxygen atoms in total. The summed E-state index contributed by atoms with van der Waals surface area (Å²) in [5.41, 5.74) is 7.03. The predicted octanol–water partition coefficient (Wildman–Crippen LogP) is 7.00. The van der Waals surface area contributed by atoms with E-state index in [1.165, 1.54) is 18.4 Å². The normalized spacial score (nSPS) is 14.0. The number of rotatable bonds is 11. The maximum Gasteiger partial charge on any atom is 0.319 e. The Morgan fingerprint density at radius 2 is 1.83 bits per heavy atom. The lowest BCUT2D eigenvalue weighted by Gasteiger charge is -2.20. The van der Waals surface area contributed by atoms with Crippen LogP contribution in [0.5, 0.6) is 5.75 Å². The zero-order chi connectivity index (χ0) is 29.0. The van der Waals surface area contributed by atoms with Gasteiger partial charge in [0.15, 0.2) is 0 Å². The minimum absolute atomic E-state index is 0.0339. The molecule has 1 atom stereocenters. The van der Waals surface area contributed by atoms with Crippen LogP contribution in [0.2, 0.25) is 0 Å². The molecule has 0 aliphatic heterocycles. The molecule has 4 aromatic rings. The van der Waals surface area contributed by atoms with Crippen LogP contribution in [-0.2, 0) is 27.8 Å². The zero-order valence-electron chi connectivity index (χ0n) is 24.3. The number of urea groups is 1. The van der Waals surface area contributed by atoms with E-state index in [1.54, 1.807) is 7.11 Å². The smallest absolute Gasteiger partial charge is 0.319 e. The third-order valence-corrected chi connectivity index (χ3v) is 7.70. The SMILES string of the molecule is COc1cccc(CC(Cc2[nH]c3ccc(NC(=O)NCC4CC4)cc3c2-c2ccc(C(C)(C)C)cc2)OC=O)c1. The summed E-state index contributed by atoms with van der Waals surface area (Å²) in [6.07, 6.45) is 3.02. The molecule has 0 spiro atoms. The first-order valence-electron chi connectivity index (χ1n) is 14.3. The van der Waals surface area contributed by atoms with Crippen molar-refractivity contribution in [1.29, 1.82) is 0 Å². The second kappa shape index (κ2) is 12.1. The highest BCUT2D eigenvalue weighted by atomic mass is 16.5. The van der Waals surface area contributed by atoms with Crippen molar-refractivity contribution in [3.63, 3.8) is 0 Å². The van der Waals surface area contributed by atoms with E-state index in [2.05, 4.69) is 60.7 Å². The Bertz CT molecular complexity index is 1510. The second-order valence-corrected chi connectivity index (χ2v) is 12.0. The maximum absolute atomic E-state index is 12.5.